The summed E-state index contributed by atoms with van der Waals surface area (Å²) < 4.78 is 0. The highest BCUT2D eigenvalue weighted by Crippen LogP contribution is 2.24. The molecule has 1 aliphatic rings. The monoisotopic (exact) mass is 349 g/mol. The Bertz CT molecular complexity index is 926. The molecule has 0 atom stereocenters. The van der Waals surface area contributed by atoms with E-state index >= 15 is 0 Å². The Hall–Kier alpha value is -2.89. The van der Waals surface area contributed by atoms with E-state index in [-0.39, 0.29) is 5.91 Å². The highest BCUT2D eigenvalue weighted by molar-refractivity contribution is 5.90. The SMILES string of the molecule is Cc1ccc2[nH]c(C)c(CC(=O)N3CCN(c4ncccn4)CC3)c2c1. The van der Waals surface area contributed by atoms with Gasteiger partial charge in [-0.1, -0.05) is 11.6 Å². The first-order valence-electron chi connectivity index (χ1n) is 8.99. The molecule has 4 rings (SSSR count). The van der Waals surface area contributed by atoms with Crippen LogP contribution in [0.3, 0.4) is 0 Å². The van der Waals surface area contributed by atoms with E-state index in [9.17, 15) is 4.79 Å². The van der Waals surface area contributed by atoms with Gasteiger partial charge in [-0.2, -0.15) is 0 Å². The van der Waals surface area contributed by atoms with Crippen LogP contribution in [0.2, 0.25) is 0 Å². The number of nitrogens with one attached hydrogen (secondary N) is 1. The lowest BCUT2D eigenvalue weighted by Gasteiger charge is -2.34. The number of hydrogen-bond donors (Lipinski definition) is 1. The first kappa shape index (κ1) is 16.6. The van der Waals surface area contributed by atoms with Gasteiger partial charge >= 0.3 is 0 Å². The number of hydrogen-bond acceptors (Lipinski definition) is 4. The van der Waals surface area contributed by atoms with Crippen molar-refractivity contribution in [2.24, 2.45) is 0 Å². The zero-order valence-corrected chi connectivity index (χ0v) is 15.2. The minimum absolute atomic E-state index is 0.184. The fourth-order valence-corrected chi connectivity index (χ4v) is 3.60. The average molecular weight is 349 g/mol. The molecular weight excluding hydrogens is 326 g/mol. The van der Waals surface area contributed by atoms with E-state index in [1.165, 1.54) is 5.56 Å². The standard InChI is InChI=1S/C20H23N5O/c1-14-4-5-18-17(12-14)16(15(2)23-18)13-19(26)24-8-10-25(11-9-24)20-21-6-3-7-22-20/h3-7,12,23H,8-11,13H2,1-2H3. The second-order valence-electron chi connectivity index (χ2n) is 6.87. The van der Waals surface area contributed by atoms with Gasteiger partial charge < -0.3 is 14.8 Å². The number of carbonyl (C=O) groups excluding carboxylic acids is 1. The van der Waals surface area contributed by atoms with Gasteiger partial charge in [-0.25, -0.2) is 9.97 Å². The molecule has 0 saturated carbocycles. The van der Waals surface area contributed by atoms with E-state index in [4.69, 9.17) is 0 Å². The number of aryl methyl sites for hydroxylation is 2. The lowest BCUT2D eigenvalue weighted by molar-refractivity contribution is -0.130. The first-order chi connectivity index (χ1) is 12.6. The van der Waals surface area contributed by atoms with E-state index in [0.29, 0.717) is 19.5 Å². The molecule has 134 valence electrons. The summed E-state index contributed by atoms with van der Waals surface area (Å²) in [5.41, 5.74) is 4.50. The minimum Gasteiger partial charge on any atom is -0.358 e. The van der Waals surface area contributed by atoms with Crippen LogP contribution in [0.25, 0.3) is 10.9 Å². The van der Waals surface area contributed by atoms with Crippen molar-refractivity contribution < 1.29 is 4.79 Å². The van der Waals surface area contributed by atoms with Crippen LogP contribution in [0.1, 0.15) is 16.8 Å². The highest BCUT2D eigenvalue weighted by Gasteiger charge is 2.23. The smallest absolute Gasteiger partial charge is 0.227 e. The number of carbonyl (C=O) groups is 1. The molecule has 3 heterocycles. The molecule has 0 unspecified atom stereocenters. The number of piperazine rings is 1. The summed E-state index contributed by atoms with van der Waals surface area (Å²) in [4.78, 5) is 28.9. The summed E-state index contributed by atoms with van der Waals surface area (Å²) in [7, 11) is 0. The third-order valence-electron chi connectivity index (χ3n) is 5.07. The Morgan fingerprint density at radius 1 is 1.12 bits per heavy atom. The lowest BCUT2D eigenvalue weighted by Crippen LogP contribution is -2.49. The lowest BCUT2D eigenvalue weighted by atomic mass is 10.0. The normalized spacial score (nSPS) is 14.8. The third kappa shape index (κ3) is 3.14. The molecule has 6 heteroatoms. The molecule has 1 N–H and O–H groups in total. The molecule has 26 heavy (non-hydrogen) atoms. The van der Waals surface area contributed by atoms with E-state index in [0.717, 1.165) is 41.2 Å². The van der Waals surface area contributed by atoms with Crippen LogP contribution in [0.4, 0.5) is 5.95 Å². The summed E-state index contributed by atoms with van der Waals surface area (Å²) >= 11 is 0. The van der Waals surface area contributed by atoms with Gasteiger partial charge in [0.2, 0.25) is 11.9 Å². The minimum atomic E-state index is 0.184. The molecule has 1 amide bonds. The average Bonchev–Trinajstić information content (AvgIpc) is 2.97. The van der Waals surface area contributed by atoms with Crippen LogP contribution in [-0.2, 0) is 11.2 Å². The zero-order chi connectivity index (χ0) is 18.1. The van der Waals surface area contributed by atoms with Crippen LogP contribution in [0.5, 0.6) is 0 Å². The van der Waals surface area contributed by atoms with Crippen LogP contribution < -0.4 is 4.90 Å². The van der Waals surface area contributed by atoms with E-state index in [1.54, 1.807) is 12.4 Å². The van der Waals surface area contributed by atoms with Crippen molar-refractivity contribution in [2.45, 2.75) is 20.3 Å². The largest absolute Gasteiger partial charge is 0.358 e. The van der Waals surface area contributed by atoms with Gasteiger partial charge in [0, 0.05) is 55.2 Å². The molecule has 1 aromatic carbocycles. The van der Waals surface area contributed by atoms with Crippen molar-refractivity contribution in [3.05, 3.63) is 53.5 Å². The van der Waals surface area contributed by atoms with Gasteiger partial charge in [0.05, 0.1) is 6.42 Å². The Labute approximate surface area is 152 Å². The number of amides is 1. The molecule has 0 aliphatic carbocycles. The Morgan fingerprint density at radius 3 is 2.58 bits per heavy atom. The summed E-state index contributed by atoms with van der Waals surface area (Å²) in [6.45, 7) is 7.07. The summed E-state index contributed by atoms with van der Waals surface area (Å²) in [5.74, 6) is 0.923. The predicted octanol–water partition coefficient (Wildman–Crippen LogP) is 2.47. The van der Waals surface area contributed by atoms with Crippen molar-refractivity contribution in [3.8, 4) is 0 Å². The molecule has 0 bridgehead atoms. The van der Waals surface area contributed by atoms with Crippen LogP contribution in [0, 0.1) is 13.8 Å². The molecule has 6 nitrogen and oxygen atoms in total. The fourth-order valence-electron chi connectivity index (χ4n) is 3.60. The van der Waals surface area contributed by atoms with Crippen LogP contribution in [-0.4, -0.2) is 51.9 Å². The molecule has 0 radical (unpaired) electrons. The number of benzene rings is 1. The van der Waals surface area contributed by atoms with Gasteiger partial charge in [0.15, 0.2) is 0 Å². The molecule has 1 fully saturated rings. The Balaban J connectivity index is 1.45. The number of nitrogens with zero attached hydrogens (tertiary/aromatic N) is 4. The maximum atomic E-state index is 12.9. The van der Waals surface area contributed by atoms with Crippen LogP contribution in [0.15, 0.2) is 36.7 Å². The van der Waals surface area contributed by atoms with Gasteiger partial charge in [0.25, 0.3) is 0 Å². The maximum Gasteiger partial charge on any atom is 0.227 e. The number of anilines is 1. The summed E-state index contributed by atoms with van der Waals surface area (Å²) in [6, 6.07) is 8.15. The number of aromatic nitrogens is 3. The van der Waals surface area contributed by atoms with Crippen molar-refractivity contribution in [3.63, 3.8) is 0 Å². The zero-order valence-electron chi connectivity index (χ0n) is 15.2. The first-order valence-corrected chi connectivity index (χ1v) is 8.99. The Kier molecular flexibility index (Phi) is 4.32. The van der Waals surface area contributed by atoms with Gasteiger partial charge in [-0.15, -0.1) is 0 Å². The molecule has 3 aromatic rings. The quantitative estimate of drug-likeness (QED) is 0.789. The van der Waals surface area contributed by atoms with E-state index in [1.807, 2.05) is 17.9 Å². The number of H-pyrrole nitrogens is 1. The van der Waals surface area contributed by atoms with Crippen molar-refractivity contribution in [1.82, 2.24) is 19.9 Å². The molecule has 0 spiro atoms. The van der Waals surface area contributed by atoms with Gasteiger partial charge in [-0.3, -0.25) is 4.79 Å². The Morgan fingerprint density at radius 2 is 1.85 bits per heavy atom. The number of fused-ring (bicyclic) bond motifs is 1. The van der Waals surface area contributed by atoms with E-state index < -0.39 is 0 Å². The van der Waals surface area contributed by atoms with Crippen molar-refractivity contribution >= 4 is 22.8 Å². The predicted molar refractivity (Wildman–Crippen MR) is 102 cm³/mol. The van der Waals surface area contributed by atoms with Gasteiger partial charge in [-0.05, 0) is 37.6 Å². The third-order valence-corrected chi connectivity index (χ3v) is 5.07. The summed E-state index contributed by atoms with van der Waals surface area (Å²) in [6.07, 6.45) is 3.94. The second-order valence-corrected chi connectivity index (χ2v) is 6.87. The van der Waals surface area contributed by atoms with Crippen molar-refractivity contribution in [1.29, 1.82) is 0 Å². The molecule has 1 saturated heterocycles. The van der Waals surface area contributed by atoms with E-state index in [2.05, 4.69) is 45.0 Å². The topological polar surface area (TPSA) is 65.1 Å². The molecule has 2 aromatic heterocycles. The highest BCUT2D eigenvalue weighted by atomic mass is 16.2. The van der Waals surface area contributed by atoms with Gasteiger partial charge in [0.1, 0.15) is 0 Å². The second kappa shape index (κ2) is 6.78. The summed E-state index contributed by atoms with van der Waals surface area (Å²) in [5, 5.41) is 1.16. The molecule has 1 aliphatic heterocycles. The number of aromatic amines is 1. The maximum absolute atomic E-state index is 12.9. The fraction of sp³-hybridized carbons (Fsp3) is 0.350. The number of rotatable bonds is 3. The molecular formula is C20H23N5O. The van der Waals surface area contributed by atoms with Crippen LogP contribution >= 0.6 is 0 Å². The van der Waals surface area contributed by atoms with Crippen molar-refractivity contribution in [2.75, 3.05) is 31.1 Å².